The average Bonchev–Trinajstić information content (AvgIpc) is 2.74. The first kappa shape index (κ1) is 10.9. The summed E-state index contributed by atoms with van der Waals surface area (Å²) in [6, 6.07) is 6.35. The average molecular weight is 216 g/mol. The lowest BCUT2D eigenvalue weighted by Gasteiger charge is -2.15. The van der Waals surface area contributed by atoms with Gasteiger partial charge in [0.2, 0.25) is 0 Å². The lowest BCUT2D eigenvalue weighted by atomic mass is 10.0. The van der Waals surface area contributed by atoms with E-state index in [0.29, 0.717) is 0 Å². The van der Waals surface area contributed by atoms with E-state index in [2.05, 4.69) is 16.4 Å². The summed E-state index contributed by atoms with van der Waals surface area (Å²) in [4.78, 5) is 4.12. The quantitative estimate of drug-likeness (QED) is 0.853. The number of nitrogens with one attached hydrogen (secondary N) is 1. The third-order valence-corrected chi connectivity index (χ3v) is 2.79. The van der Waals surface area contributed by atoms with Gasteiger partial charge >= 0.3 is 0 Å². The van der Waals surface area contributed by atoms with Crippen LogP contribution in [0.5, 0.6) is 0 Å². The van der Waals surface area contributed by atoms with Crippen LogP contribution >= 0.6 is 0 Å². The molecule has 0 fully saturated rings. The highest BCUT2D eigenvalue weighted by molar-refractivity contribution is 5.23. The van der Waals surface area contributed by atoms with Crippen LogP contribution < -0.4 is 5.32 Å². The number of hydrogen-bond acceptors (Lipinski definition) is 3. The molecule has 0 saturated heterocycles. The normalized spacial score (nSPS) is 12.6. The third-order valence-electron chi connectivity index (χ3n) is 2.79. The first-order chi connectivity index (χ1) is 7.81. The number of furan rings is 1. The Morgan fingerprint density at radius 2 is 2.31 bits per heavy atom. The van der Waals surface area contributed by atoms with Gasteiger partial charge in [-0.1, -0.05) is 6.07 Å². The zero-order valence-electron chi connectivity index (χ0n) is 9.60. The van der Waals surface area contributed by atoms with Gasteiger partial charge in [-0.15, -0.1) is 0 Å². The van der Waals surface area contributed by atoms with Crippen molar-refractivity contribution in [1.82, 2.24) is 10.3 Å². The van der Waals surface area contributed by atoms with Crippen LogP contribution in [-0.2, 0) is 6.42 Å². The van der Waals surface area contributed by atoms with Crippen LogP contribution in [0.25, 0.3) is 0 Å². The fourth-order valence-electron chi connectivity index (χ4n) is 1.88. The number of pyridine rings is 1. The van der Waals surface area contributed by atoms with Gasteiger partial charge in [0.05, 0.1) is 6.26 Å². The van der Waals surface area contributed by atoms with Crippen LogP contribution in [0.3, 0.4) is 0 Å². The molecule has 1 atom stereocenters. The summed E-state index contributed by atoms with van der Waals surface area (Å²) in [6.45, 7) is 1.99. The second-order valence-electron chi connectivity index (χ2n) is 3.84. The lowest BCUT2D eigenvalue weighted by Crippen LogP contribution is -2.19. The minimum atomic E-state index is 0.281. The van der Waals surface area contributed by atoms with Gasteiger partial charge < -0.3 is 9.73 Å². The smallest absolute Gasteiger partial charge is 0.105 e. The highest BCUT2D eigenvalue weighted by Crippen LogP contribution is 2.21. The van der Waals surface area contributed by atoms with Gasteiger partial charge in [0.1, 0.15) is 5.76 Å². The van der Waals surface area contributed by atoms with E-state index in [1.54, 1.807) is 12.5 Å². The van der Waals surface area contributed by atoms with E-state index in [9.17, 15) is 0 Å². The molecule has 0 amide bonds. The van der Waals surface area contributed by atoms with Crippen molar-refractivity contribution in [3.05, 3.63) is 53.7 Å². The molecule has 1 N–H and O–H groups in total. The monoisotopic (exact) mass is 216 g/mol. The molecule has 3 nitrogen and oxygen atoms in total. The number of hydrogen-bond donors (Lipinski definition) is 1. The van der Waals surface area contributed by atoms with Crippen LogP contribution in [0.2, 0.25) is 0 Å². The number of rotatable bonds is 4. The molecule has 2 rings (SSSR count). The Kier molecular flexibility index (Phi) is 3.37. The molecule has 0 bridgehead atoms. The molecule has 2 heterocycles. The molecule has 0 aromatic carbocycles. The maximum Gasteiger partial charge on any atom is 0.105 e. The molecule has 0 spiro atoms. The van der Waals surface area contributed by atoms with E-state index in [0.717, 1.165) is 12.2 Å². The zero-order chi connectivity index (χ0) is 11.4. The van der Waals surface area contributed by atoms with Gasteiger partial charge in [-0.3, -0.25) is 4.98 Å². The molecule has 2 aromatic rings. The first-order valence-corrected chi connectivity index (χ1v) is 5.41. The lowest BCUT2D eigenvalue weighted by molar-refractivity contribution is 0.512. The highest BCUT2D eigenvalue weighted by Gasteiger charge is 2.14. The van der Waals surface area contributed by atoms with Crippen LogP contribution in [0.4, 0.5) is 0 Å². The fourth-order valence-corrected chi connectivity index (χ4v) is 1.88. The molecule has 84 valence electrons. The standard InChI is InChI=1S/C13H16N2O/c1-10-12(5-7-16-10)13(14-2)8-11-4-3-6-15-9-11/h3-7,9,13-14H,8H2,1-2H3. The molecule has 0 aliphatic heterocycles. The number of aryl methyl sites for hydroxylation is 1. The van der Waals surface area contributed by atoms with Gasteiger partial charge in [0.15, 0.2) is 0 Å². The summed E-state index contributed by atoms with van der Waals surface area (Å²) in [7, 11) is 1.97. The Morgan fingerprint density at radius 3 is 2.88 bits per heavy atom. The second kappa shape index (κ2) is 4.94. The van der Waals surface area contributed by atoms with Gasteiger partial charge in [-0.25, -0.2) is 0 Å². The molecule has 0 radical (unpaired) electrons. The molecule has 1 unspecified atom stereocenters. The van der Waals surface area contributed by atoms with E-state index in [1.807, 2.05) is 32.3 Å². The maximum absolute atomic E-state index is 5.33. The van der Waals surface area contributed by atoms with E-state index < -0.39 is 0 Å². The summed E-state index contributed by atoms with van der Waals surface area (Å²) >= 11 is 0. The Labute approximate surface area is 95.5 Å². The van der Waals surface area contributed by atoms with Crippen LogP contribution in [0.15, 0.2) is 41.3 Å². The summed E-state index contributed by atoms with van der Waals surface area (Å²) in [5.41, 5.74) is 2.44. The first-order valence-electron chi connectivity index (χ1n) is 5.41. The molecule has 2 aromatic heterocycles. The number of likely N-dealkylation sites (N-methyl/N-ethyl adjacent to an activating group) is 1. The van der Waals surface area contributed by atoms with Crippen molar-refractivity contribution in [1.29, 1.82) is 0 Å². The minimum Gasteiger partial charge on any atom is -0.469 e. The maximum atomic E-state index is 5.33. The number of nitrogens with zero attached hydrogens (tertiary/aromatic N) is 1. The predicted octanol–water partition coefficient (Wildman–Crippen LogP) is 2.49. The Hall–Kier alpha value is -1.61. The van der Waals surface area contributed by atoms with Crippen molar-refractivity contribution in [2.24, 2.45) is 0 Å². The molecular weight excluding hydrogens is 200 g/mol. The van der Waals surface area contributed by atoms with Crippen molar-refractivity contribution >= 4 is 0 Å². The summed E-state index contributed by atoms with van der Waals surface area (Å²) in [5.74, 6) is 0.975. The van der Waals surface area contributed by atoms with Crippen molar-refractivity contribution in [3.8, 4) is 0 Å². The Bertz CT molecular complexity index is 436. The minimum absolute atomic E-state index is 0.281. The van der Waals surface area contributed by atoms with Crippen molar-refractivity contribution in [2.45, 2.75) is 19.4 Å². The highest BCUT2D eigenvalue weighted by atomic mass is 16.3. The Balaban J connectivity index is 2.16. The third kappa shape index (κ3) is 2.31. The van der Waals surface area contributed by atoms with Crippen LogP contribution in [0.1, 0.15) is 22.9 Å². The van der Waals surface area contributed by atoms with E-state index >= 15 is 0 Å². The van der Waals surface area contributed by atoms with Gasteiger partial charge in [0.25, 0.3) is 0 Å². The van der Waals surface area contributed by atoms with Crippen LogP contribution in [-0.4, -0.2) is 12.0 Å². The van der Waals surface area contributed by atoms with Crippen molar-refractivity contribution in [2.75, 3.05) is 7.05 Å². The zero-order valence-corrected chi connectivity index (χ0v) is 9.60. The summed E-state index contributed by atoms with van der Waals surface area (Å²) < 4.78 is 5.33. The molecule has 16 heavy (non-hydrogen) atoms. The summed E-state index contributed by atoms with van der Waals surface area (Å²) in [5, 5.41) is 3.31. The van der Waals surface area contributed by atoms with Crippen molar-refractivity contribution < 1.29 is 4.42 Å². The van der Waals surface area contributed by atoms with Crippen molar-refractivity contribution in [3.63, 3.8) is 0 Å². The fraction of sp³-hybridized carbons (Fsp3) is 0.308. The van der Waals surface area contributed by atoms with E-state index in [1.165, 1.54) is 11.1 Å². The number of aromatic nitrogens is 1. The molecule has 0 aliphatic carbocycles. The summed E-state index contributed by atoms with van der Waals surface area (Å²) in [6.07, 6.45) is 6.35. The molecule has 0 saturated carbocycles. The van der Waals surface area contributed by atoms with E-state index in [-0.39, 0.29) is 6.04 Å². The topological polar surface area (TPSA) is 38.1 Å². The molecule has 0 aliphatic rings. The van der Waals surface area contributed by atoms with Gasteiger partial charge in [0, 0.05) is 24.0 Å². The van der Waals surface area contributed by atoms with Crippen LogP contribution in [0, 0.1) is 6.92 Å². The van der Waals surface area contributed by atoms with Gasteiger partial charge in [-0.05, 0) is 38.1 Å². The molecule has 3 heteroatoms. The Morgan fingerprint density at radius 1 is 1.44 bits per heavy atom. The van der Waals surface area contributed by atoms with Gasteiger partial charge in [-0.2, -0.15) is 0 Å². The van der Waals surface area contributed by atoms with E-state index in [4.69, 9.17) is 4.42 Å². The SMILES string of the molecule is CNC(Cc1cccnc1)c1ccoc1C. The predicted molar refractivity (Wildman–Crippen MR) is 63.2 cm³/mol. The largest absolute Gasteiger partial charge is 0.469 e. The molecular formula is C13H16N2O. The second-order valence-corrected chi connectivity index (χ2v) is 3.84.